The highest BCUT2D eigenvalue weighted by Crippen LogP contribution is 2.26. The zero-order valence-corrected chi connectivity index (χ0v) is 12.4. The molecule has 0 radical (unpaired) electrons. The quantitative estimate of drug-likeness (QED) is 0.783. The third-order valence-corrected chi connectivity index (χ3v) is 4.95. The molecule has 1 aliphatic heterocycles. The molecule has 2 N–H and O–H groups in total. The lowest BCUT2D eigenvalue weighted by Crippen LogP contribution is -2.44. The van der Waals surface area contributed by atoms with Gasteiger partial charge in [0.25, 0.3) is 0 Å². The Bertz CT molecular complexity index is 217. The Hall–Kier alpha value is -0.0800. The van der Waals surface area contributed by atoms with Crippen molar-refractivity contribution in [3.05, 3.63) is 0 Å². The molecule has 106 valence electrons. The second-order valence-corrected chi connectivity index (χ2v) is 6.64. The minimum Gasteiger partial charge on any atom is -0.314 e. The lowest BCUT2D eigenvalue weighted by Gasteiger charge is -2.33. The van der Waals surface area contributed by atoms with Crippen molar-refractivity contribution in [3.8, 4) is 0 Å². The molecule has 18 heavy (non-hydrogen) atoms. The Labute approximate surface area is 113 Å². The summed E-state index contributed by atoms with van der Waals surface area (Å²) in [5.74, 6) is 0.931. The first-order valence-corrected chi connectivity index (χ1v) is 8.25. The fourth-order valence-corrected chi connectivity index (χ4v) is 3.84. The molecule has 3 unspecified atom stereocenters. The van der Waals surface area contributed by atoms with Gasteiger partial charge in [-0.1, -0.05) is 25.7 Å². The molecule has 0 aromatic heterocycles. The third-order valence-electron chi connectivity index (χ3n) is 4.95. The number of nitrogens with one attached hydrogen (secondary N) is 2. The smallest absolute Gasteiger partial charge is 0.00817 e. The molecule has 3 atom stereocenters. The Kier molecular flexibility index (Phi) is 5.97. The van der Waals surface area contributed by atoms with Crippen LogP contribution < -0.4 is 10.6 Å². The Morgan fingerprint density at radius 1 is 1.00 bits per heavy atom. The standard InChI is InChI=1S/C16H32N2/c1-13(12-16-10-6-7-11-17-16)18-14(2)15-8-4-3-5-9-15/h13-18H,3-12H2,1-2H3. The molecular weight excluding hydrogens is 220 g/mol. The van der Waals surface area contributed by atoms with Crippen LogP contribution in [0.2, 0.25) is 0 Å². The van der Waals surface area contributed by atoms with E-state index in [1.165, 1.54) is 64.3 Å². The van der Waals surface area contributed by atoms with E-state index in [4.69, 9.17) is 0 Å². The van der Waals surface area contributed by atoms with Gasteiger partial charge in [-0.3, -0.25) is 0 Å². The van der Waals surface area contributed by atoms with Crippen molar-refractivity contribution in [2.75, 3.05) is 6.54 Å². The Morgan fingerprint density at radius 2 is 1.72 bits per heavy atom. The topological polar surface area (TPSA) is 24.1 Å². The van der Waals surface area contributed by atoms with Gasteiger partial charge in [0.2, 0.25) is 0 Å². The lowest BCUT2D eigenvalue weighted by atomic mass is 9.84. The summed E-state index contributed by atoms with van der Waals surface area (Å²) in [6.45, 7) is 6.01. The molecule has 1 aliphatic carbocycles. The van der Waals surface area contributed by atoms with Crippen LogP contribution in [0.25, 0.3) is 0 Å². The highest BCUT2D eigenvalue weighted by Gasteiger charge is 2.22. The van der Waals surface area contributed by atoms with Crippen molar-refractivity contribution in [1.29, 1.82) is 0 Å². The van der Waals surface area contributed by atoms with Crippen molar-refractivity contribution < 1.29 is 0 Å². The van der Waals surface area contributed by atoms with Crippen LogP contribution in [0.15, 0.2) is 0 Å². The molecule has 2 fully saturated rings. The Balaban J connectivity index is 1.67. The normalized spacial score (nSPS) is 30.0. The van der Waals surface area contributed by atoms with Crippen LogP contribution in [0.3, 0.4) is 0 Å². The summed E-state index contributed by atoms with van der Waals surface area (Å²) in [6, 6.07) is 2.14. The second kappa shape index (κ2) is 7.49. The number of rotatable bonds is 5. The van der Waals surface area contributed by atoms with Crippen molar-refractivity contribution in [2.24, 2.45) is 5.92 Å². The molecule has 2 aliphatic rings. The van der Waals surface area contributed by atoms with Crippen LogP contribution in [0.4, 0.5) is 0 Å². The number of hydrogen-bond acceptors (Lipinski definition) is 2. The maximum Gasteiger partial charge on any atom is 0.00817 e. The van der Waals surface area contributed by atoms with Gasteiger partial charge in [0, 0.05) is 18.1 Å². The van der Waals surface area contributed by atoms with E-state index < -0.39 is 0 Å². The zero-order chi connectivity index (χ0) is 12.8. The van der Waals surface area contributed by atoms with E-state index in [0.29, 0.717) is 12.1 Å². The van der Waals surface area contributed by atoms with E-state index in [1.54, 1.807) is 0 Å². The van der Waals surface area contributed by atoms with Gasteiger partial charge in [0.1, 0.15) is 0 Å². The lowest BCUT2D eigenvalue weighted by molar-refractivity contribution is 0.252. The molecule has 2 rings (SSSR count). The van der Waals surface area contributed by atoms with E-state index in [-0.39, 0.29) is 0 Å². The molecule has 0 bridgehead atoms. The fraction of sp³-hybridized carbons (Fsp3) is 1.00. The first-order valence-electron chi connectivity index (χ1n) is 8.25. The maximum absolute atomic E-state index is 3.86. The van der Waals surface area contributed by atoms with E-state index >= 15 is 0 Å². The van der Waals surface area contributed by atoms with Gasteiger partial charge < -0.3 is 10.6 Å². The minimum absolute atomic E-state index is 0.664. The van der Waals surface area contributed by atoms with Crippen molar-refractivity contribution >= 4 is 0 Å². The predicted octanol–water partition coefficient (Wildman–Crippen LogP) is 3.47. The van der Waals surface area contributed by atoms with Crippen molar-refractivity contribution in [3.63, 3.8) is 0 Å². The van der Waals surface area contributed by atoms with Gasteiger partial charge in [0.05, 0.1) is 0 Å². The van der Waals surface area contributed by atoms with Crippen LogP contribution in [0.1, 0.15) is 71.6 Å². The predicted molar refractivity (Wildman–Crippen MR) is 78.9 cm³/mol. The summed E-state index contributed by atoms with van der Waals surface area (Å²) in [7, 11) is 0. The molecule has 0 amide bonds. The van der Waals surface area contributed by atoms with E-state index in [9.17, 15) is 0 Å². The summed E-state index contributed by atoms with van der Waals surface area (Å²) in [6.07, 6.45) is 12.7. The average molecular weight is 252 g/mol. The third kappa shape index (κ3) is 4.55. The van der Waals surface area contributed by atoms with E-state index in [2.05, 4.69) is 24.5 Å². The van der Waals surface area contributed by atoms with Gasteiger partial charge in [-0.15, -0.1) is 0 Å². The molecule has 2 heteroatoms. The Morgan fingerprint density at radius 3 is 2.39 bits per heavy atom. The summed E-state index contributed by atoms with van der Waals surface area (Å²) in [5, 5.41) is 7.52. The molecule has 0 aromatic rings. The first-order chi connectivity index (χ1) is 8.75. The summed E-state index contributed by atoms with van der Waals surface area (Å²) in [5.41, 5.74) is 0. The van der Waals surface area contributed by atoms with Gasteiger partial charge >= 0.3 is 0 Å². The van der Waals surface area contributed by atoms with Gasteiger partial charge in [-0.2, -0.15) is 0 Å². The molecule has 2 nitrogen and oxygen atoms in total. The highest BCUT2D eigenvalue weighted by atomic mass is 15.0. The summed E-state index contributed by atoms with van der Waals surface area (Å²) in [4.78, 5) is 0. The number of piperidine rings is 1. The fourth-order valence-electron chi connectivity index (χ4n) is 3.84. The second-order valence-electron chi connectivity index (χ2n) is 6.64. The van der Waals surface area contributed by atoms with Crippen LogP contribution in [-0.4, -0.2) is 24.7 Å². The van der Waals surface area contributed by atoms with Crippen molar-refractivity contribution in [1.82, 2.24) is 10.6 Å². The van der Waals surface area contributed by atoms with Crippen LogP contribution in [0.5, 0.6) is 0 Å². The van der Waals surface area contributed by atoms with Crippen LogP contribution in [0, 0.1) is 5.92 Å². The van der Waals surface area contributed by atoms with Crippen molar-refractivity contribution in [2.45, 2.75) is 89.8 Å². The van der Waals surface area contributed by atoms with Gasteiger partial charge in [0.15, 0.2) is 0 Å². The van der Waals surface area contributed by atoms with E-state index in [0.717, 1.165) is 12.0 Å². The molecule has 1 saturated heterocycles. The summed E-state index contributed by atoms with van der Waals surface area (Å²) >= 11 is 0. The van der Waals surface area contributed by atoms with Gasteiger partial charge in [-0.25, -0.2) is 0 Å². The largest absolute Gasteiger partial charge is 0.314 e. The molecule has 1 saturated carbocycles. The molecule has 1 heterocycles. The van der Waals surface area contributed by atoms with Crippen LogP contribution >= 0.6 is 0 Å². The monoisotopic (exact) mass is 252 g/mol. The first kappa shape index (κ1) is 14.3. The molecule has 0 aromatic carbocycles. The summed E-state index contributed by atoms with van der Waals surface area (Å²) < 4.78 is 0. The SMILES string of the molecule is CC(CC1CCCCN1)NC(C)C1CCCCC1. The molecule has 0 spiro atoms. The zero-order valence-electron chi connectivity index (χ0n) is 12.4. The average Bonchev–Trinajstić information content (AvgIpc) is 2.40. The van der Waals surface area contributed by atoms with Crippen LogP contribution in [-0.2, 0) is 0 Å². The number of hydrogen-bond donors (Lipinski definition) is 2. The van der Waals surface area contributed by atoms with E-state index in [1.807, 2.05) is 0 Å². The highest BCUT2D eigenvalue weighted by molar-refractivity contribution is 4.81. The minimum atomic E-state index is 0.664. The molecular formula is C16H32N2. The maximum atomic E-state index is 3.86. The van der Waals surface area contributed by atoms with Gasteiger partial charge in [-0.05, 0) is 58.4 Å².